The number of hydrogen-bond acceptors (Lipinski definition) is 3. The fourth-order valence-corrected chi connectivity index (χ4v) is 3.01. The van der Waals surface area contributed by atoms with Gasteiger partial charge >= 0.3 is 0 Å². The van der Waals surface area contributed by atoms with Crippen molar-refractivity contribution in [2.75, 3.05) is 6.61 Å². The third-order valence-electron chi connectivity index (χ3n) is 4.21. The Kier molecular flexibility index (Phi) is 4.74. The minimum Gasteiger partial charge on any atom is -0.494 e. The Balaban J connectivity index is 1.78. The Bertz CT molecular complexity index is 755. The molecule has 0 aromatic heterocycles. The normalized spacial score (nSPS) is 15.5. The first-order valence-electron chi connectivity index (χ1n) is 8.37. The second-order valence-corrected chi connectivity index (χ2v) is 6.13. The molecule has 1 aliphatic rings. The first-order chi connectivity index (χ1) is 11.6. The van der Waals surface area contributed by atoms with Gasteiger partial charge in [-0.3, -0.25) is 4.79 Å². The highest BCUT2D eigenvalue weighted by molar-refractivity contribution is 5.95. The molecule has 4 nitrogen and oxygen atoms in total. The average molecular weight is 325 g/mol. The molecule has 126 valence electrons. The van der Waals surface area contributed by atoms with Crippen LogP contribution in [-0.4, -0.2) is 18.6 Å². The van der Waals surface area contributed by atoms with Crippen molar-refractivity contribution < 1.29 is 14.3 Å². The van der Waals surface area contributed by atoms with Crippen LogP contribution in [0.15, 0.2) is 36.4 Å². The highest BCUT2D eigenvalue weighted by Gasteiger charge is 2.22. The van der Waals surface area contributed by atoms with E-state index in [1.807, 2.05) is 50.2 Å². The van der Waals surface area contributed by atoms with E-state index in [-0.39, 0.29) is 12.0 Å². The van der Waals surface area contributed by atoms with Crippen LogP contribution in [0.4, 0.5) is 0 Å². The summed E-state index contributed by atoms with van der Waals surface area (Å²) < 4.78 is 11.6. The molecule has 2 aromatic carbocycles. The largest absolute Gasteiger partial charge is 0.494 e. The Morgan fingerprint density at radius 1 is 1.33 bits per heavy atom. The highest BCUT2D eigenvalue weighted by atomic mass is 16.5. The molecular weight excluding hydrogens is 302 g/mol. The zero-order valence-electron chi connectivity index (χ0n) is 14.4. The SMILES string of the molecule is CCOc1cc2c(cc1CNC(=O)c1ccccc1C)OC(C)C2. The average Bonchev–Trinajstić information content (AvgIpc) is 2.92. The second kappa shape index (κ2) is 6.95. The summed E-state index contributed by atoms with van der Waals surface area (Å²) >= 11 is 0. The molecule has 0 fully saturated rings. The van der Waals surface area contributed by atoms with Crippen LogP contribution >= 0.6 is 0 Å². The summed E-state index contributed by atoms with van der Waals surface area (Å²) in [4.78, 5) is 12.4. The summed E-state index contributed by atoms with van der Waals surface area (Å²) in [5.74, 6) is 1.63. The van der Waals surface area contributed by atoms with Crippen molar-refractivity contribution in [3.8, 4) is 11.5 Å². The fraction of sp³-hybridized carbons (Fsp3) is 0.350. The molecule has 0 aliphatic carbocycles. The number of carbonyl (C=O) groups excluding carboxylic acids is 1. The number of rotatable bonds is 5. The number of hydrogen-bond donors (Lipinski definition) is 1. The van der Waals surface area contributed by atoms with Gasteiger partial charge in [-0.15, -0.1) is 0 Å². The predicted octanol–water partition coefficient (Wildman–Crippen LogP) is 3.65. The molecule has 1 heterocycles. The lowest BCUT2D eigenvalue weighted by Crippen LogP contribution is -2.24. The number of ether oxygens (including phenoxy) is 2. The smallest absolute Gasteiger partial charge is 0.251 e. The fourth-order valence-electron chi connectivity index (χ4n) is 3.01. The number of benzene rings is 2. The van der Waals surface area contributed by atoms with Crippen molar-refractivity contribution in [3.63, 3.8) is 0 Å². The number of fused-ring (bicyclic) bond motifs is 1. The second-order valence-electron chi connectivity index (χ2n) is 6.13. The minimum absolute atomic E-state index is 0.0784. The van der Waals surface area contributed by atoms with Crippen molar-refractivity contribution >= 4 is 5.91 Å². The maximum atomic E-state index is 12.4. The molecule has 1 aliphatic heterocycles. The maximum absolute atomic E-state index is 12.4. The monoisotopic (exact) mass is 325 g/mol. The lowest BCUT2D eigenvalue weighted by atomic mass is 10.1. The lowest BCUT2D eigenvalue weighted by molar-refractivity contribution is 0.0950. The molecule has 1 N–H and O–H groups in total. The third-order valence-corrected chi connectivity index (χ3v) is 4.21. The summed E-state index contributed by atoms with van der Waals surface area (Å²) in [6.45, 7) is 6.95. The van der Waals surface area contributed by atoms with E-state index in [0.29, 0.717) is 18.7 Å². The van der Waals surface area contributed by atoms with E-state index in [2.05, 4.69) is 12.2 Å². The van der Waals surface area contributed by atoms with Crippen molar-refractivity contribution in [2.45, 2.75) is 39.8 Å². The van der Waals surface area contributed by atoms with Crippen molar-refractivity contribution in [2.24, 2.45) is 0 Å². The lowest BCUT2D eigenvalue weighted by Gasteiger charge is -2.14. The van der Waals surface area contributed by atoms with Crippen LogP contribution in [0.25, 0.3) is 0 Å². The van der Waals surface area contributed by atoms with Crippen LogP contribution in [0.5, 0.6) is 11.5 Å². The molecular formula is C20H23NO3. The van der Waals surface area contributed by atoms with Gasteiger partial charge in [0.15, 0.2) is 0 Å². The van der Waals surface area contributed by atoms with Crippen molar-refractivity contribution in [1.29, 1.82) is 0 Å². The van der Waals surface area contributed by atoms with Gasteiger partial charge in [0.05, 0.1) is 6.61 Å². The quantitative estimate of drug-likeness (QED) is 0.913. The van der Waals surface area contributed by atoms with Crippen molar-refractivity contribution in [1.82, 2.24) is 5.32 Å². The van der Waals surface area contributed by atoms with Gasteiger partial charge in [-0.2, -0.15) is 0 Å². The van der Waals surface area contributed by atoms with E-state index < -0.39 is 0 Å². The van der Waals surface area contributed by atoms with Crippen LogP contribution in [0.2, 0.25) is 0 Å². The van der Waals surface area contributed by atoms with E-state index in [1.54, 1.807) is 0 Å². The Labute approximate surface area is 142 Å². The Hall–Kier alpha value is -2.49. The predicted molar refractivity (Wildman–Crippen MR) is 93.8 cm³/mol. The first-order valence-corrected chi connectivity index (χ1v) is 8.37. The molecule has 0 spiro atoms. The highest BCUT2D eigenvalue weighted by Crippen LogP contribution is 2.35. The van der Waals surface area contributed by atoms with Crippen LogP contribution < -0.4 is 14.8 Å². The van der Waals surface area contributed by atoms with Crippen LogP contribution in [0.3, 0.4) is 0 Å². The molecule has 3 rings (SSSR count). The minimum atomic E-state index is -0.0784. The molecule has 0 saturated heterocycles. The molecule has 2 aromatic rings. The molecule has 0 radical (unpaired) electrons. The van der Waals surface area contributed by atoms with Gasteiger partial charge in [-0.05, 0) is 44.5 Å². The molecule has 0 bridgehead atoms. The summed E-state index contributed by atoms with van der Waals surface area (Å²) in [7, 11) is 0. The van der Waals surface area contributed by atoms with Gasteiger partial charge in [0.1, 0.15) is 17.6 Å². The number of amides is 1. The molecule has 1 atom stereocenters. The van der Waals surface area contributed by atoms with Gasteiger partial charge in [0.25, 0.3) is 5.91 Å². The number of carbonyl (C=O) groups is 1. The van der Waals surface area contributed by atoms with Gasteiger partial charge in [0, 0.05) is 29.7 Å². The summed E-state index contributed by atoms with van der Waals surface area (Å²) in [6.07, 6.45) is 1.08. The Morgan fingerprint density at radius 3 is 2.88 bits per heavy atom. The van der Waals surface area contributed by atoms with E-state index >= 15 is 0 Å². The van der Waals surface area contributed by atoms with Gasteiger partial charge < -0.3 is 14.8 Å². The topological polar surface area (TPSA) is 47.6 Å². The number of aryl methyl sites for hydroxylation is 1. The molecule has 1 amide bonds. The standard InChI is InChI=1S/C20H23NO3/c1-4-23-18-10-15-9-14(3)24-19(15)11-16(18)12-21-20(22)17-8-6-5-7-13(17)2/h5-8,10-11,14H,4,9,12H2,1-3H3,(H,21,22). The van der Waals surface area contributed by atoms with Crippen molar-refractivity contribution in [3.05, 3.63) is 58.7 Å². The maximum Gasteiger partial charge on any atom is 0.251 e. The summed E-state index contributed by atoms with van der Waals surface area (Å²) in [5.41, 5.74) is 3.76. The van der Waals surface area contributed by atoms with Gasteiger partial charge in [-0.25, -0.2) is 0 Å². The zero-order chi connectivity index (χ0) is 17.1. The van der Waals surface area contributed by atoms with Crippen LogP contribution in [0.1, 0.15) is 40.9 Å². The third kappa shape index (κ3) is 3.37. The summed E-state index contributed by atoms with van der Waals surface area (Å²) in [6, 6.07) is 11.6. The van der Waals surface area contributed by atoms with Gasteiger partial charge in [-0.1, -0.05) is 18.2 Å². The zero-order valence-corrected chi connectivity index (χ0v) is 14.4. The van der Waals surface area contributed by atoms with E-state index in [0.717, 1.165) is 29.0 Å². The summed E-state index contributed by atoms with van der Waals surface area (Å²) in [5, 5.41) is 2.98. The van der Waals surface area contributed by atoms with Crippen LogP contribution in [0, 0.1) is 6.92 Å². The first kappa shape index (κ1) is 16.4. The van der Waals surface area contributed by atoms with Gasteiger partial charge in [0.2, 0.25) is 0 Å². The molecule has 0 saturated carbocycles. The van der Waals surface area contributed by atoms with E-state index in [1.165, 1.54) is 5.56 Å². The molecule has 4 heteroatoms. The Morgan fingerprint density at radius 2 is 2.12 bits per heavy atom. The molecule has 1 unspecified atom stereocenters. The number of nitrogens with one attached hydrogen (secondary N) is 1. The van der Waals surface area contributed by atoms with E-state index in [9.17, 15) is 4.79 Å². The molecule has 24 heavy (non-hydrogen) atoms. The van der Waals surface area contributed by atoms with Crippen LogP contribution in [-0.2, 0) is 13.0 Å². The van der Waals surface area contributed by atoms with E-state index in [4.69, 9.17) is 9.47 Å².